The van der Waals surface area contributed by atoms with Gasteiger partial charge in [0.25, 0.3) is 5.91 Å². The number of carbonyl (C=O) groups is 1. The van der Waals surface area contributed by atoms with E-state index in [1.54, 1.807) is 18.3 Å². The van der Waals surface area contributed by atoms with E-state index in [0.29, 0.717) is 11.4 Å². The van der Waals surface area contributed by atoms with Crippen molar-refractivity contribution in [2.45, 2.75) is 6.42 Å². The van der Waals surface area contributed by atoms with Gasteiger partial charge in [-0.05, 0) is 25.1 Å². The third-order valence-electron chi connectivity index (χ3n) is 3.12. The summed E-state index contributed by atoms with van der Waals surface area (Å²) in [5.74, 6) is 0.112. The quantitative estimate of drug-likeness (QED) is 0.723. The third kappa shape index (κ3) is 4.18. The number of pyridine rings is 1. The molecule has 0 bridgehead atoms. The van der Waals surface area contributed by atoms with Crippen molar-refractivity contribution in [2.75, 3.05) is 44.7 Å². The number of primary amides is 1. The zero-order valence-corrected chi connectivity index (χ0v) is 11.0. The fraction of sp³-hybridized carbons (Fsp3) is 0.538. The Labute approximate surface area is 112 Å². The minimum absolute atomic E-state index is 0.439. The van der Waals surface area contributed by atoms with Gasteiger partial charge in [-0.2, -0.15) is 0 Å². The molecule has 1 fully saturated rings. The SMILES string of the molecule is NC(=O)c1cccnc1NCCCN1CCOCC1. The largest absolute Gasteiger partial charge is 0.379 e. The number of anilines is 1. The van der Waals surface area contributed by atoms with Crippen molar-refractivity contribution in [3.8, 4) is 0 Å². The van der Waals surface area contributed by atoms with E-state index >= 15 is 0 Å². The second kappa shape index (κ2) is 7.06. The molecule has 0 radical (unpaired) electrons. The van der Waals surface area contributed by atoms with Crippen molar-refractivity contribution in [1.82, 2.24) is 9.88 Å². The van der Waals surface area contributed by atoms with Gasteiger partial charge in [0.05, 0.1) is 18.8 Å². The Kier molecular flexibility index (Phi) is 5.11. The molecular weight excluding hydrogens is 244 g/mol. The van der Waals surface area contributed by atoms with E-state index in [2.05, 4.69) is 15.2 Å². The number of ether oxygens (including phenoxy) is 1. The van der Waals surface area contributed by atoms with Crippen LogP contribution in [0.4, 0.5) is 5.82 Å². The molecule has 0 unspecified atom stereocenters. The first-order valence-corrected chi connectivity index (χ1v) is 6.56. The first-order chi connectivity index (χ1) is 9.27. The molecule has 1 aliphatic rings. The fourth-order valence-corrected chi connectivity index (χ4v) is 2.08. The standard InChI is InChI=1S/C13H20N4O2/c14-12(18)11-3-1-4-15-13(11)16-5-2-6-17-7-9-19-10-8-17/h1,3-4H,2,5-10H2,(H2,14,18)(H,15,16). The molecule has 1 aliphatic heterocycles. The lowest BCUT2D eigenvalue weighted by Gasteiger charge is -2.26. The second-order valence-corrected chi connectivity index (χ2v) is 4.50. The smallest absolute Gasteiger partial charge is 0.252 e. The predicted molar refractivity (Wildman–Crippen MR) is 73.1 cm³/mol. The highest BCUT2D eigenvalue weighted by molar-refractivity contribution is 5.97. The highest BCUT2D eigenvalue weighted by Crippen LogP contribution is 2.10. The van der Waals surface area contributed by atoms with Crippen molar-refractivity contribution < 1.29 is 9.53 Å². The molecule has 2 heterocycles. The van der Waals surface area contributed by atoms with E-state index in [1.807, 2.05) is 0 Å². The average Bonchev–Trinajstić information content (AvgIpc) is 2.45. The van der Waals surface area contributed by atoms with Crippen molar-refractivity contribution >= 4 is 11.7 Å². The number of hydrogen-bond donors (Lipinski definition) is 2. The predicted octanol–water partition coefficient (Wildman–Crippen LogP) is 0.315. The Morgan fingerprint density at radius 2 is 2.26 bits per heavy atom. The van der Waals surface area contributed by atoms with Crippen LogP contribution >= 0.6 is 0 Å². The lowest BCUT2D eigenvalue weighted by atomic mass is 10.2. The van der Waals surface area contributed by atoms with Crippen LogP contribution < -0.4 is 11.1 Å². The summed E-state index contributed by atoms with van der Waals surface area (Å²) < 4.78 is 5.30. The summed E-state index contributed by atoms with van der Waals surface area (Å²) in [7, 11) is 0. The van der Waals surface area contributed by atoms with Gasteiger partial charge in [-0.15, -0.1) is 0 Å². The normalized spacial score (nSPS) is 16.2. The highest BCUT2D eigenvalue weighted by atomic mass is 16.5. The number of hydrogen-bond acceptors (Lipinski definition) is 5. The number of aromatic nitrogens is 1. The number of amides is 1. The number of nitrogens with one attached hydrogen (secondary N) is 1. The fourth-order valence-electron chi connectivity index (χ4n) is 2.08. The van der Waals surface area contributed by atoms with E-state index < -0.39 is 5.91 Å². The third-order valence-corrected chi connectivity index (χ3v) is 3.12. The lowest BCUT2D eigenvalue weighted by Crippen LogP contribution is -2.37. The van der Waals surface area contributed by atoms with E-state index in [9.17, 15) is 4.79 Å². The molecule has 19 heavy (non-hydrogen) atoms. The first-order valence-electron chi connectivity index (χ1n) is 6.56. The average molecular weight is 264 g/mol. The van der Waals surface area contributed by atoms with Crippen molar-refractivity contribution in [1.29, 1.82) is 0 Å². The molecule has 0 atom stereocenters. The van der Waals surface area contributed by atoms with Crippen LogP contribution in [-0.4, -0.2) is 55.2 Å². The van der Waals surface area contributed by atoms with Crippen molar-refractivity contribution in [3.63, 3.8) is 0 Å². The minimum atomic E-state index is -0.455. The molecule has 1 saturated heterocycles. The van der Waals surface area contributed by atoms with E-state index in [1.165, 1.54) is 0 Å². The second-order valence-electron chi connectivity index (χ2n) is 4.50. The lowest BCUT2D eigenvalue weighted by molar-refractivity contribution is 0.0378. The molecule has 2 rings (SSSR count). The van der Waals surface area contributed by atoms with Crippen LogP contribution in [0.3, 0.4) is 0 Å². The zero-order valence-electron chi connectivity index (χ0n) is 11.0. The maximum atomic E-state index is 11.2. The maximum Gasteiger partial charge on any atom is 0.252 e. The topological polar surface area (TPSA) is 80.5 Å². The summed E-state index contributed by atoms with van der Waals surface area (Å²) >= 11 is 0. The van der Waals surface area contributed by atoms with Crippen LogP contribution in [0.25, 0.3) is 0 Å². The van der Waals surface area contributed by atoms with E-state index in [0.717, 1.165) is 45.8 Å². The zero-order chi connectivity index (χ0) is 13.5. The number of nitrogens with zero attached hydrogens (tertiary/aromatic N) is 2. The summed E-state index contributed by atoms with van der Waals surface area (Å²) in [5, 5.41) is 3.16. The molecule has 1 amide bonds. The van der Waals surface area contributed by atoms with E-state index in [4.69, 9.17) is 10.5 Å². The van der Waals surface area contributed by atoms with Gasteiger partial charge >= 0.3 is 0 Å². The molecule has 0 saturated carbocycles. The molecule has 0 aliphatic carbocycles. The van der Waals surface area contributed by atoms with Crippen LogP contribution in [0.1, 0.15) is 16.8 Å². The molecule has 6 heteroatoms. The van der Waals surface area contributed by atoms with Gasteiger partial charge < -0.3 is 15.8 Å². The Bertz CT molecular complexity index is 419. The van der Waals surface area contributed by atoms with Gasteiger partial charge in [0, 0.05) is 25.8 Å². The summed E-state index contributed by atoms with van der Waals surface area (Å²) in [4.78, 5) is 17.7. The summed E-state index contributed by atoms with van der Waals surface area (Å²) in [6.45, 7) is 5.43. The molecule has 1 aromatic rings. The van der Waals surface area contributed by atoms with Crippen LogP contribution in [0, 0.1) is 0 Å². The molecule has 104 valence electrons. The van der Waals surface area contributed by atoms with Gasteiger partial charge in [-0.3, -0.25) is 9.69 Å². The Balaban J connectivity index is 1.74. The highest BCUT2D eigenvalue weighted by Gasteiger charge is 2.10. The van der Waals surface area contributed by atoms with Gasteiger partial charge in [-0.1, -0.05) is 0 Å². The number of rotatable bonds is 6. The van der Waals surface area contributed by atoms with Crippen LogP contribution in [0.2, 0.25) is 0 Å². The minimum Gasteiger partial charge on any atom is -0.379 e. The number of nitrogens with two attached hydrogens (primary N) is 1. The Morgan fingerprint density at radius 3 is 3.00 bits per heavy atom. The molecule has 1 aromatic heterocycles. The Morgan fingerprint density at radius 1 is 1.47 bits per heavy atom. The monoisotopic (exact) mass is 264 g/mol. The van der Waals surface area contributed by atoms with Gasteiger partial charge in [0.1, 0.15) is 5.82 Å². The molecular formula is C13H20N4O2. The van der Waals surface area contributed by atoms with Gasteiger partial charge in [-0.25, -0.2) is 4.98 Å². The van der Waals surface area contributed by atoms with Crippen LogP contribution in [-0.2, 0) is 4.74 Å². The summed E-state index contributed by atoms with van der Waals surface area (Å²) in [6.07, 6.45) is 2.64. The molecule has 0 aromatic carbocycles. The first kappa shape index (κ1) is 13.8. The number of morpholine rings is 1. The molecule has 6 nitrogen and oxygen atoms in total. The van der Waals surface area contributed by atoms with Crippen LogP contribution in [0.15, 0.2) is 18.3 Å². The van der Waals surface area contributed by atoms with Crippen molar-refractivity contribution in [3.05, 3.63) is 23.9 Å². The van der Waals surface area contributed by atoms with Gasteiger partial charge in [0.15, 0.2) is 0 Å². The maximum absolute atomic E-state index is 11.2. The van der Waals surface area contributed by atoms with E-state index in [-0.39, 0.29) is 0 Å². The van der Waals surface area contributed by atoms with Gasteiger partial charge in [0.2, 0.25) is 0 Å². The molecule has 3 N–H and O–H groups in total. The summed E-state index contributed by atoms with van der Waals surface area (Å²) in [5.41, 5.74) is 5.73. The molecule has 0 spiro atoms. The van der Waals surface area contributed by atoms with Crippen LogP contribution in [0.5, 0.6) is 0 Å². The van der Waals surface area contributed by atoms with Crippen molar-refractivity contribution in [2.24, 2.45) is 5.73 Å². The number of carbonyl (C=O) groups excluding carboxylic acids is 1. The Hall–Kier alpha value is -1.66. The summed E-state index contributed by atoms with van der Waals surface area (Å²) in [6, 6.07) is 3.39.